The molecule has 0 bridgehead atoms. The van der Waals surface area contributed by atoms with Gasteiger partial charge in [-0.15, -0.1) is 0 Å². The summed E-state index contributed by atoms with van der Waals surface area (Å²) in [5.74, 6) is 0.235. The quantitative estimate of drug-likeness (QED) is 0.615. The number of hydrogen-bond donors (Lipinski definition) is 0. The van der Waals surface area contributed by atoms with Crippen molar-refractivity contribution in [3.05, 3.63) is 77.5 Å². The Bertz CT molecular complexity index is 816. The molecule has 0 unspecified atom stereocenters. The number of ketones is 1. The third-order valence-electron chi connectivity index (χ3n) is 4.15. The van der Waals surface area contributed by atoms with Crippen molar-refractivity contribution in [1.29, 1.82) is 0 Å². The first-order valence-electron chi connectivity index (χ1n) is 7.59. The van der Waals surface area contributed by atoms with Gasteiger partial charge in [-0.25, -0.2) is 0 Å². The van der Waals surface area contributed by atoms with E-state index in [1.807, 2.05) is 35.0 Å². The first-order chi connectivity index (χ1) is 10.6. The number of Topliss-reactive ketones (excluding diaryl/α,β-unsaturated/α-hetero) is 1. The smallest absolute Gasteiger partial charge is 0.212 e. The van der Waals surface area contributed by atoms with E-state index in [0.29, 0.717) is 13.0 Å². The maximum atomic E-state index is 12.5. The second-order valence-electron chi connectivity index (χ2n) is 5.78. The number of fused-ring (bicyclic) bond motifs is 1. The van der Waals surface area contributed by atoms with Gasteiger partial charge in [0.1, 0.15) is 0 Å². The number of pyridine rings is 1. The fourth-order valence-electron chi connectivity index (χ4n) is 2.93. The second-order valence-corrected chi connectivity index (χ2v) is 5.78. The van der Waals surface area contributed by atoms with Crippen LogP contribution in [0.15, 0.2) is 60.8 Å². The molecule has 0 spiro atoms. The molecule has 0 saturated heterocycles. The van der Waals surface area contributed by atoms with E-state index < -0.39 is 0 Å². The van der Waals surface area contributed by atoms with E-state index in [2.05, 4.69) is 44.2 Å². The van der Waals surface area contributed by atoms with Crippen molar-refractivity contribution in [1.82, 2.24) is 0 Å². The van der Waals surface area contributed by atoms with Crippen molar-refractivity contribution in [2.45, 2.75) is 26.8 Å². The van der Waals surface area contributed by atoms with Crippen molar-refractivity contribution < 1.29 is 26.3 Å². The van der Waals surface area contributed by atoms with Gasteiger partial charge in [0.05, 0.1) is 0 Å². The van der Waals surface area contributed by atoms with E-state index in [-0.39, 0.29) is 22.8 Å². The third kappa shape index (κ3) is 3.85. The molecule has 0 aliphatic rings. The monoisotopic (exact) mass is 369 g/mol. The molecular weight excluding hydrogens is 350 g/mol. The number of aromatic nitrogens is 1. The molecule has 23 heavy (non-hydrogen) atoms. The Labute approximate surface area is 147 Å². The summed E-state index contributed by atoms with van der Waals surface area (Å²) >= 11 is 0. The van der Waals surface area contributed by atoms with E-state index in [4.69, 9.17) is 0 Å². The van der Waals surface area contributed by atoms with Gasteiger partial charge in [-0.3, -0.25) is 4.79 Å². The Kier molecular flexibility index (Phi) is 5.67. The van der Waals surface area contributed by atoms with Crippen molar-refractivity contribution in [2.75, 3.05) is 0 Å². The third-order valence-corrected chi connectivity index (χ3v) is 4.15. The molecule has 118 valence electrons. The normalized spacial score (nSPS) is 10.3. The second kappa shape index (κ2) is 7.51. The molecule has 3 aromatic rings. The molecule has 1 aromatic heterocycles. The molecule has 0 aliphatic carbocycles. The number of nitrogens with zero attached hydrogens (tertiary/aromatic N) is 1. The van der Waals surface area contributed by atoms with Crippen LogP contribution < -0.4 is 21.5 Å². The number of para-hydroxylation sites is 1. The van der Waals surface area contributed by atoms with Crippen LogP contribution >= 0.6 is 0 Å². The van der Waals surface area contributed by atoms with Crippen LogP contribution in [-0.4, -0.2) is 5.78 Å². The van der Waals surface area contributed by atoms with Crippen molar-refractivity contribution in [3.8, 4) is 0 Å². The Balaban J connectivity index is 0.00000192. The molecule has 3 rings (SSSR count). The van der Waals surface area contributed by atoms with E-state index >= 15 is 0 Å². The Morgan fingerprint density at radius 3 is 2.30 bits per heavy atom. The summed E-state index contributed by atoms with van der Waals surface area (Å²) in [6.07, 6.45) is 2.47. The van der Waals surface area contributed by atoms with Crippen LogP contribution in [-0.2, 0) is 17.8 Å². The summed E-state index contributed by atoms with van der Waals surface area (Å²) in [7, 11) is 0. The number of benzene rings is 2. The zero-order valence-electron chi connectivity index (χ0n) is 13.4. The molecule has 0 fully saturated rings. The molecule has 2 aromatic carbocycles. The number of carbonyl (C=O) groups excluding carboxylic acids is 1. The lowest BCUT2D eigenvalue weighted by Crippen LogP contribution is -3.00. The average Bonchev–Trinajstić information content (AvgIpc) is 2.51. The van der Waals surface area contributed by atoms with E-state index in [0.717, 1.165) is 16.5 Å². The Hall–Kier alpha value is -2.00. The highest BCUT2D eigenvalue weighted by atomic mass is 79.9. The van der Waals surface area contributed by atoms with Crippen LogP contribution in [0.2, 0.25) is 0 Å². The van der Waals surface area contributed by atoms with Crippen LogP contribution in [0.4, 0.5) is 0 Å². The van der Waals surface area contributed by atoms with Gasteiger partial charge in [-0.05, 0) is 42.7 Å². The summed E-state index contributed by atoms with van der Waals surface area (Å²) in [6, 6.07) is 18.4. The maximum Gasteiger partial charge on any atom is 0.212 e. The first kappa shape index (κ1) is 17.4. The summed E-state index contributed by atoms with van der Waals surface area (Å²) in [5, 5.41) is 1.16. The largest absolute Gasteiger partial charge is 1.00 e. The van der Waals surface area contributed by atoms with Crippen molar-refractivity contribution in [2.24, 2.45) is 0 Å². The molecule has 0 saturated carbocycles. The number of aryl methyl sites for hydroxylation is 2. The lowest BCUT2D eigenvalue weighted by Gasteiger charge is -2.08. The predicted octanol–water partition coefficient (Wildman–Crippen LogP) is 0.560. The van der Waals surface area contributed by atoms with Gasteiger partial charge >= 0.3 is 0 Å². The molecular formula is C20H20BrNO. The van der Waals surface area contributed by atoms with Crippen LogP contribution in [0, 0.1) is 13.8 Å². The number of carbonyl (C=O) groups is 1. The highest BCUT2D eigenvalue weighted by molar-refractivity contribution is 5.81. The SMILES string of the molecule is Cc1cccc(C)c1CC(=O)C[n+]1cccc2ccccc21.[Br-]. The molecule has 0 atom stereocenters. The molecule has 0 radical (unpaired) electrons. The average molecular weight is 370 g/mol. The van der Waals surface area contributed by atoms with E-state index in [9.17, 15) is 4.79 Å². The fraction of sp³-hybridized carbons (Fsp3) is 0.200. The van der Waals surface area contributed by atoms with Crippen molar-refractivity contribution in [3.63, 3.8) is 0 Å². The van der Waals surface area contributed by atoms with Crippen LogP contribution in [0.5, 0.6) is 0 Å². The minimum Gasteiger partial charge on any atom is -1.00 e. The van der Waals surface area contributed by atoms with Gasteiger partial charge in [0, 0.05) is 23.9 Å². The van der Waals surface area contributed by atoms with Gasteiger partial charge in [0.25, 0.3) is 0 Å². The topological polar surface area (TPSA) is 20.9 Å². The van der Waals surface area contributed by atoms with Gasteiger partial charge in [0.15, 0.2) is 6.20 Å². The van der Waals surface area contributed by atoms with Crippen LogP contribution in [0.25, 0.3) is 10.9 Å². The lowest BCUT2D eigenvalue weighted by atomic mass is 9.98. The van der Waals surface area contributed by atoms with E-state index in [1.54, 1.807) is 0 Å². The zero-order valence-corrected chi connectivity index (χ0v) is 15.0. The molecule has 2 nitrogen and oxygen atoms in total. The molecule has 0 N–H and O–H groups in total. The van der Waals surface area contributed by atoms with Crippen LogP contribution in [0.1, 0.15) is 16.7 Å². The van der Waals surface area contributed by atoms with Gasteiger partial charge < -0.3 is 17.0 Å². The standard InChI is InChI=1S/C20H20NO.BrH/c1-15-7-5-8-16(2)19(15)13-18(22)14-21-12-6-10-17-9-3-4-11-20(17)21;/h3-12H,13-14H2,1-2H3;1H/q+1;/p-1. The van der Waals surface area contributed by atoms with Crippen molar-refractivity contribution >= 4 is 16.7 Å². The summed E-state index contributed by atoms with van der Waals surface area (Å²) in [4.78, 5) is 12.5. The summed E-state index contributed by atoms with van der Waals surface area (Å²) in [5.41, 5.74) is 4.64. The summed E-state index contributed by atoms with van der Waals surface area (Å²) in [6.45, 7) is 4.55. The fourth-order valence-corrected chi connectivity index (χ4v) is 2.93. The number of rotatable bonds is 4. The first-order valence-corrected chi connectivity index (χ1v) is 7.59. The number of hydrogen-bond acceptors (Lipinski definition) is 1. The minimum atomic E-state index is 0. The predicted molar refractivity (Wildman–Crippen MR) is 88.8 cm³/mol. The highest BCUT2D eigenvalue weighted by Crippen LogP contribution is 2.14. The molecule has 0 amide bonds. The van der Waals surface area contributed by atoms with Gasteiger partial charge in [-0.1, -0.05) is 30.3 Å². The molecule has 0 aliphatic heterocycles. The lowest BCUT2D eigenvalue weighted by molar-refractivity contribution is -0.658. The Morgan fingerprint density at radius 2 is 1.57 bits per heavy atom. The van der Waals surface area contributed by atoms with Crippen LogP contribution in [0.3, 0.4) is 0 Å². The molecule has 3 heteroatoms. The minimum absolute atomic E-state index is 0. The van der Waals surface area contributed by atoms with E-state index in [1.165, 1.54) is 11.1 Å². The molecule has 1 heterocycles. The van der Waals surface area contributed by atoms with Gasteiger partial charge in [0.2, 0.25) is 17.8 Å². The number of halogens is 1. The maximum absolute atomic E-state index is 12.5. The zero-order chi connectivity index (χ0) is 15.5. The van der Waals surface area contributed by atoms with Gasteiger partial charge in [-0.2, -0.15) is 4.57 Å². The highest BCUT2D eigenvalue weighted by Gasteiger charge is 2.15. The Morgan fingerprint density at radius 1 is 0.913 bits per heavy atom. The summed E-state index contributed by atoms with van der Waals surface area (Å²) < 4.78 is 2.03.